The van der Waals surface area contributed by atoms with Gasteiger partial charge >= 0.3 is 0 Å². The smallest absolute Gasteiger partial charge is 0.266 e. The number of aliphatic hydroxyl groups excluding tert-OH is 1. The number of carbonyl (C=O) groups excluding carboxylic acids is 1. The van der Waals surface area contributed by atoms with E-state index < -0.39 is 12.2 Å². The van der Waals surface area contributed by atoms with Crippen LogP contribution in [0.2, 0.25) is 0 Å². The van der Waals surface area contributed by atoms with Gasteiger partial charge in [-0.15, -0.1) is 0 Å². The van der Waals surface area contributed by atoms with Crippen LogP contribution in [0.25, 0.3) is 0 Å². The molecule has 1 fully saturated rings. The number of benzene rings is 2. The average molecular weight is 327 g/mol. The van der Waals surface area contributed by atoms with Crippen molar-refractivity contribution in [2.24, 2.45) is 0 Å². The zero-order chi connectivity index (χ0) is 17.1. The number of ether oxygens (including phenoxy) is 2. The van der Waals surface area contributed by atoms with Gasteiger partial charge in [-0.1, -0.05) is 30.3 Å². The molecular weight excluding hydrogens is 306 g/mol. The number of rotatable bonds is 6. The molecule has 3 unspecified atom stereocenters. The summed E-state index contributed by atoms with van der Waals surface area (Å²) in [4.78, 5) is 14.1. The number of aliphatic hydroxyl groups is 1. The summed E-state index contributed by atoms with van der Waals surface area (Å²) >= 11 is 0. The fraction of sp³-hybridized carbons (Fsp3) is 0.316. The van der Waals surface area contributed by atoms with E-state index in [2.05, 4.69) is 0 Å². The molecule has 0 aliphatic carbocycles. The molecule has 0 aromatic heterocycles. The standard InChI is InChI=1S/C19H21NO4/c1-13(21)12-20-17(14-8-10-15(23-2)11-9-14)18(19(20)22)24-16-6-4-3-5-7-16/h3-11,13,17-18,21H,12H2,1-2H3. The highest BCUT2D eigenvalue weighted by Crippen LogP contribution is 2.38. The number of carbonyl (C=O) groups is 1. The first-order valence-corrected chi connectivity index (χ1v) is 7.94. The lowest BCUT2D eigenvalue weighted by atomic mass is 9.90. The Kier molecular flexibility index (Phi) is 4.71. The molecule has 1 aliphatic rings. The zero-order valence-corrected chi connectivity index (χ0v) is 13.8. The Balaban J connectivity index is 1.84. The summed E-state index contributed by atoms with van der Waals surface area (Å²) < 4.78 is 11.1. The van der Waals surface area contributed by atoms with E-state index in [1.54, 1.807) is 18.9 Å². The van der Waals surface area contributed by atoms with Crippen molar-refractivity contribution in [2.75, 3.05) is 13.7 Å². The Bertz CT molecular complexity index is 684. The van der Waals surface area contributed by atoms with E-state index in [1.165, 1.54) is 0 Å². The molecule has 0 radical (unpaired) electrons. The molecule has 24 heavy (non-hydrogen) atoms. The average Bonchev–Trinajstić information content (AvgIpc) is 2.61. The Morgan fingerprint density at radius 3 is 2.33 bits per heavy atom. The minimum atomic E-state index is -0.590. The minimum absolute atomic E-state index is 0.111. The number of hydrogen-bond acceptors (Lipinski definition) is 4. The van der Waals surface area contributed by atoms with Gasteiger partial charge in [-0.25, -0.2) is 0 Å². The molecule has 1 saturated heterocycles. The number of β-amino-alcohol motifs (C(OH)–C–C–N with tert-alkyl or cyclic N) is 1. The van der Waals surface area contributed by atoms with Gasteiger partial charge in [-0.2, -0.15) is 0 Å². The molecule has 3 atom stereocenters. The van der Waals surface area contributed by atoms with Crippen LogP contribution in [0.4, 0.5) is 0 Å². The van der Waals surface area contributed by atoms with Crippen LogP contribution in [0.5, 0.6) is 11.5 Å². The summed E-state index contributed by atoms with van der Waals surface area (Å²) in [7, 11) is 1.61. The molecule has 1 aliphatic heterocycles. The van der Waals surface area contributed by atoms with Gasteiger partial charge in [0.15, 0.2) is 0 Å². The van der Waals surface area contributed by atoms with Crippen molar-refractivity contribution >= 4 is 5.91 Å². The van der Waals surface area contributed by atoms with E-state index in [0.717, 1.165) is 11.3 Å². The van der Waals surface area contributed by atoms with Crippen molar-refractivity contribution in [1.82, 2.24) is 4.90 Å². The van der Waals surface area contributed by atoms with Crippen molar-refractivity contribution < 1.29 is 19.4 Å². The van der Waals surface area contributed by atoms with Gasteiger partial charge in [0, 0.05) is 6.54 Å². The van der Waals surface area contributed by atoms with E-state index in [4.69, 9.17) is 9.47 Å². The van der Waals surface area contributed by atoms with Crippen LogP contribution in [0.15, 0.2) is 54.6 Å². The number of likely N-dealkylation sites (tertiary alicyclic amines) is 1. The van der Waals surface area contributed by atoms with Gasteiger partial charge < -0.3 is 19.5 Å². The van der Waals surface area contributed by atoms with E-state index in [-0.39, 0.29) is 18.5 Å². The highest BCUT2D eigenvalue weighted by atomic mass is 16.5. The molecule has 0 spiro atoms. The Hall–Kier alpha value is -2.53. The SMILES string of the molecule is COc1ccc(C2C(Oc3ccccc3)C(=O)N2CC(C)O)cc1. The largest absolute Gasteiger partial charge is 0.497 e. The first-order valence-electron chi connectivity index (χ1n) is 7.94. The van der Waals surface area contributed by atoms with Crippen LogP contribution in [0.3, 0.4) is 0 Å². The van der Waals surface area contributed by atoms with Gasteiger partial charge in [0.25, 0.3) is 5.91 Å². The second-order valence-corrected chi connectivity index (χ2v) is 5.91. The highest BCUT2D eigenvalue weighted by Gasteiger charge is 2.50. The lowest BCUT2D eigenvalue weighted by molar-refractivity contribution is -0.166. The molecule has 0 bridgehead atoms. The van der Waals surface area contributed by atoms with E-state index in [9.17, 15) is 9.90 Å². The fourth-order valence-corrected chi connectivity index (χ4v) is 2.92. The molecule has 1 heterocycles. The van der Waals surface area contributed by atoms with Crippen molar-refractivity contribution in [3.05, 3.63) is 60.2 Å². The van der Waals surface area contributed by atoms with Gasteiger partial charge in [-0.05, 0) is 36.8 Å². The quantitative estimate of drug-likeness (QED) is 0.828. The normalized spacial score (nSPS) is 21.1. The molecule has 2 aromatic carbocycles. The second kappa shape index (κ2) is 6.93. The van der Waals surface area contributed by atoms with E-state index >= 15 is 0 Å². The summed E-state index contributed by atoms with van der Waals surface area (Å²) in [6.07, 6.45) is -1.17. The lowest BCUT2D eigenvalue weighted by Crippen LogP contribution is -2.62. The molecule has 5 heteroatoms. The number of hydrogen-bond donors (Lipinski definition) is 1. The first kappa shape index (κ1) is 16.3. The molecule has 0 saturated carbocycles. The molecule has 1 amide bonds. The zero-order valence-electron chi connectivity index (χ0n) is 13.8. The predicted octanol–water partition coefficient (Wildman–Crippen LogP) is 2.41. The maximum absolute atomic E-state index is 12.5. The highest BCUT2D eigenvalue weighted by molar-refractivity contribution is 5.89. The summed E-state index contributed by atoms with van der Waals surface area (Å²) in [5, 5.41) is 9.67. The number of methoxy groups -OCH3 is 1. The third-order valence-corrected chi connectivity index (χ3v) is 4.07. The summed E-state index contributed by atoms with van der Waals surface area (Å²) in [6.45, 7) is 1.95. The number of β-lactam (4-membered cyclic amide) rings is 1. The van der Waals surface area contributed by atoms with Gasteiger partial charge in [-0.3, -0.25) is 4.79 Å². The van der Waals surface area contributed by atoms with E-state index in [0.29, 0.717) is 5.75 Å². The summed E-state index contributed by atoms with van der Waals surface area (Å²) in [5.41, 5.74) is 0.956. The number of amides is 1. The summed E-state index contributed by atoms with van der Waals surface area (Å²) in [6, 6.07) is 16.6. The summed E-state index contributed by atoms with van der Waals surface area (Å²) in [5.74, 6) is 1.30. The number of para-hydroxylation sites is 1. The maximum atomic E-state index is 12.5. The molecule has 1 N–H and O–H groups in total. The molecule has 3 rings (SSSR count). The first-order chi connectivity index (χ1) is 11.6. The maximum Gasteiger partial charge on any atom is 0.266 e. The van der Waals surface area contributed by atoms with Crippen molar-refractivity contribution in [3.63, 3.8) is 0 Å². The molecular formula is C19H21NO4. The predicted molar refractivity (Wildman–Crippen MR) is 90.0 cm³/mol. The molecule has 5 nitrogen and oxygen atoms in total. The lowest BCUT2D eigenvalue weighted by Gasteiger charge is -2.47. The number of nitrogens with zero attached hydrogens (tertiary/aromatic N) is 1. The Morgan fingerprint density at radius 2 is 1.75 bits per heavy atom. The van der Waals surface area contributed by atoms with Gasteiger partial charge in [0.2, 0.25) is 6.10 Å². The topological polar surface area (TPSA) is 59.0 Å². The Morgan fingerprint density at radius 1 is 1.08 bits per heavy atom. The van der Waals surface area contributed by atoms with Crippen molar-refractivity contribution in [1.29, 1.82) is 0 Å². The van der Waals surface area contributed by atoms with Crippen molar-refractivity contribution in [3.8, 4) is 11.5 Å². The van der Waals surface area contributed by atoms with Crippen LogP contribution in [0.1, 0.15) is 18.5 Å². The third-order valence-electron chi connectivity index (χ3n) is 4.07. The van der Waals surface area contributed by atoms with Gasteiger partial charge in [0.05, 0.1) is 13.2 Å². The second-order valence-electron chi connectivity index (χ2n) is 5.91. The third kappa shape index (κ3) is 3.21. The molecule has 2 aromatic rings. The van der Waals surface area contributed by atoms with Crippen LogP contribution in [-0.4, -0.2) is 41.8 Å². The van der Waals surface area contributed by atoms with Crippen LogP contribution in [0, 0.1) is 0 Å². The van der Waals surface area contributed by atoms with Gasteiger partial charge in [0.1, 0.15) is 17.5 Å². The van der Waals surface area contributed by atoms with Crippen molar-refractivity contribution in [2.45, 2.75) is 25.2 Å². The monoisotopic (exact) mass is 327 g/mol. The molecule has 126 valence electrons. The Labute approximate surface area is 141 Å². The van der Waals surface area contributed by atoms with Crippen LogP contribution < -0.4 is 9.47 Å². The van der Waals surface area contributed by atoms with Crippen LogP contribution >= 0.6 is 0 Å². The van der Waals surface area contributed by atoms with E-state index in [1.807, 2.05) is 54.6 Å². The van der Waals surface area contributed by atoms with Crippen LogP contribution in [-0.2, 0) is 4.79 Å². The fourth-order valence-electron chi connectivity index (χ4n) is 2.92. The minimum Gasteiger partial charge on any atom is -0.497 e.